The van der Waals surface area contributed by atoms with Gasteiger partial charge >= 0.3 is 0 Å². The van der Waals surface area contributed by atoms with E-state index in [4.69, 9.17) is 12.2 Å². The minimum atomic E-state index is 0.169. The van der Waals surface area contributed by atoms with Crippen LogP contribution in [0.5, 0.6) is 0 Å². The number of aryl methyl sites for hydroxylation is 1. The monoisotopic (exact) mass is 343 g/mol. The number of benzene rings is 1. The van der Waals surface area contributed by atoms with Gasteiger partial charge in [0.15, 0.2) is 5.11 Å². The summed E-state index contributed by atoms with van der Waals surface area (Å²) in [5.41, 5.74) is 3.41. The third kappa shape index (κ3) is 5.28. The third-order valence-electron chi connectivity index (χ3n) is 4.02. The molecule has 128 valence electrons. The van der Waals surface area contributed by atoms with Crippen molar-refractivity contribution in [3.8, 4) is 0 Å². The van der Waals surface area contributed by atoms with Crippen LogP contribution in [0.2, 0.25) is 0 Å². The van der Waals surface area contributed by atoms with Crippen LogP contribution in [-0.2, 0) is 0 Å². The number of aromatic nitrogens is 1. The van der Waals surface area contributed by atoms with E-state index in [1.165, 1.54) is 16.0 Å². The van der Waals surface area contributed by atoms with Crippen molar-refractivity contribution in [3.05, 3.63) is 59.9 Å². The second-order valence-corrected chi connectivity index (χ2v) is 6.80. The molecule has 1 atom stereocenters. The third-order valence-corrected chi connectivity index (χ3v) is 4.35. The molecular weight excluding hydrogens is 316 g/mol. The molecule has 0 aliphatic heterocycles. The van der Waals surface area contributed by atoms with Crippen molar-refractivity contribution in [2.24, 2.45) is 0 Å². The molecule has 1 heterocycles. The maximum absolute atomic E-state index is 5.71. The van der Waals surface area contributed by atoms with Gasteiger partial charge in [0.2, 0.25) is 0 Å². The Hall–Kier alpha value is -1.98. The Morgan fingerprint density at radius 3 is 2.71 bits per heavy atom. The molecule has 2 N–H and O–H groups in total. The zero-order valence-electron chi connectivity index (χ0n) is 14.9. The van der Waals surface area contributed by atoms with E-state index in [0.29, 0.717) is 0 Å². The van der Waals surface area contributed by atoms with Crippen LogP contribution < -0.4 is 10.2 Å². The lowest BCUT2D eigenvalue weighted by atomic mass is 10.1. The Morgan fingerprint density at radius 2 is 2.08 bits per heavy atom. The summed E-state index contributed by atoms with van der Waals surface area (Å²) in [5.74, 6) is 0. The van der Waals surface area contributed by atoms with Gasteiger partial charge in [-0.15, -0.1) is 0 Å². The lowest BCUT2D eigenvalue weighted by molar-refractivity contribution is -0.857. The largest absolute Gasteiger partial charge is 0.338 e. The van der Waals surface area contributed by atoms with Crippen molar-refractivity contribution in [2.45, 2.75) is 19.9 Å². The number of nitrogens with zero attached hydrogens (tertiary/aromatic N) is 2. The van der Waals surface area contributed by atoms with Crippen molar-refractivity contribution in [3.63, 3.8) is 0 Å². The second-order valence-electron chi connectivity index (χ2n) is 6.41. The number of rotatable bonds is 6. The lowest BCUT2D eigenvalue weighted by Gasteiger charge is -2.32. The van der Waals surface area contributed by atoms with Crippen molar-refractivity contribution in [1.82, 2.24) is 9.88 Å². The van der Waals surface area contributed by atoms with Crippen LogP contribution in [0.4, 0.5) is 5.69 Å². The molecule has 0 saturated heterocycles. The first kappa shape index (κ1) is 18.4. The van der Waals surface area contributed by atoms with Gasteiger partial charge in [0, 0.05) is 18.1 Å². The van der Waals surface area contributed by atoms with Crippen LogP contribution in [0.15, 0.2) is 48.8 Å². The molecule has 0 aliphatic carbocycles. The molecular formula is C19H27N4S+. The van der Waals surface area contributed by atoms with Gasteiger partial charge in [-0.2, -0.15) is 0 Å². The number of hydrogen-bond donors (Lipinski definition) is 2. The van der Waals surface area contributed by atoms with Gasteiger partial charge < -0.3 is 15.1 Å². The van der Waals surface area contributed by atoms with E-state index in [0.717, 1.165) is 23.9 Å². The Morgan fingerprint density at radius 1 is 1.29 bits per heavy atom. The maximum atomic E-state index is 5.71. The first-order chi connectivity index (χ1) is 11.5. The first-order valence-corrected chi connectivity index (χ1v) is 8.71. The van der Waals surface area contributed by atoms with E-state index in [1.807, 2.05) is 24.4 Å². The van der Waals surface area contributed by atoms with Gasteiger partial charge in [-0.05, 0) is 55.4 Å². The minimum Gasteiger partial charge on any atom is -0.338 e. The van der Waals surface area contributed by atoms with Crippen molar-refractivity contribution < 1.29 is 4.90 Å². The van der Waals surface area contributed by atoms with Crippen LogP contribution in [0.1, 0.15) is 24.1 Å². The van der Waals surface area contributed by atoms with Crippen molar-refractivity contribution >= 4 is 23.0 Å². The quantitative estimate of drug-likeness (QED) is 0.789. The van der Waals surface area contributed by atoms with Gasteiger partial charge in [-0.3, -0.25) is 4.98 Å². The van der Waals surface area contributed by atoms with E-state index in [1.54, 1.807) is 6.20 Å². The second kappa shape index (κ2) is 8.76. The van der Waals surface area contributed by atoms with Gasteiger partial charge in [-0.1, -0.05) is 18.2 Å². The summed E-state index contributed by atoms with van der Waals surface area (Å²) in [6.07, 6.45) is 3.71. The molecule has 1 aromatic carbocycles. The number of hydrogen-bond acceptors (Lipinski definition) is 2. The van der Waals surface area contributed by atoms with Crippen molar-refractivity contribution in [2.75, 3.05) is 32.5 Å². The van der Waals surface area contributed by atoms with E-state index >= 15 is 0 Å². The van der Waals surface area contributed by atoms with Crippen LogP contribution in [-0.4, -0.2) is 42.2 Å². The molecule has 2 aromatic rings. The molecule has 0 aliphatic rings. The fourth-order valence-electron chi connectivity index (χ4n) is 2.54. The normalized spacial score (nSPS) is 12.0. The van der Waals surface area contributed by atoms with Crippen molar-refractivity contribution in [1.29, 1.82) is 0 Å². The average molecular weight is 344 g/mol. The molecule has 0 spiro atoms. The van der Waals surface area contributed by atoms with Gasteiger partial charge in [0.05, 0.1) is 33.2 Å². The SMILES string of the molecule is Cc1cccc(NC(=S)N(CC[NH+](C)C)C(C)c2cccnc2)c1. The number of pyridine rings is 1. The van der Waals surface area contributed by atoms with Crippen LogP contribution in [0.3, 0.4) is 0 Å². The molecule has 2 rings (SSSR count). The summed E-state index contributed by atoms with van der Waals surface area (Å²) >= 11 is 5.71. The van der Waals surface area contributed by atoms with E-state index in [-0.39, 0.29) is 6.04 Å². The van der Waals surface area contributed by atoms with Gasteiger partial charge in [0.1, 0.15) is 0 Å². The van der Waals surface area contributed by atoms with Crippen LogP contribution >= 0.6 is 12.2 Å². The molecule has 5 heteroatoms. The summed E-state index contributed by atoms with van der Waals surface area (Å²) in [7, 11) is 4.31. The fraction of sp³-hybridized carbons (Fsp3) is 0.368. The number of nitrogens with one attached hydrogen (secondary N) is 2. The highest BCUT2D eigenvalue weighted by atomic mass is 32.1. The summed E-state index contributed by atoms with van der Waals surface area (Å²) in [6, 6.07) is 12.5. The molecule has 24 heavy (non-hydrogen) atoms. The summed E-state index contributed by atoms with van der Waals surface area (Å²) in [6.45, 7) is 6.15. The average Bonchev–Trinajstić information content (AvgIpc) is 2.55. The number of anilines is 1. The molecule has 1 aromatic heterocycles. The Kier molecular flexibility index (Phi) is 6.70. The minimum absolute atomic E-state index is 0.169. The topological polar surface area (TPSA) is 32.6 Å². The van der Waals surface area contributed by atoms with Crippen LogP contribution in [0.25, 0.3) is 0 Å². The summed E-state index contributed by atoms with van der Waals surface area (Å²) in [5, 5.41) is 4.13. The molecule has 4 nitrogen and oxygen atoms in total. The highest BCUT2D eigenvalue weighted by molar-refractivity contribution is 7.80. The van der Waals surface area contributed by atoms with Gasteiger partial charge in [-0.25, -0.2) is 0 Å². The summed E-state index contributed by atoms with van der Waals surface area (Å²) < 4.78 is 0. The molecule has 0 fully saturated rings. The Labute approximate surface area is 150 Å². The van der Waals surface area contributed by atoms with E-state index in [2.05, 4.69) is 61.3 Å². The predicted octanol–water partition coefficient (Wildman–Crippen LogP) is 2.29. The van der Waals surface area contributed by atoms with E-state index < -0.39 is 0 Å². The first-order valence-electron chi connectivity index (χ1n) is 8.30. The number of quaternary nitrogens is 1. The number of likely N-dealkylation sites (N-methyl/N-ethyl adjacent to an activating group) is 1. The van der Waals surface area contributed by atoms with Crippen LogP contribution in [0, 0.1) is 6.92 Å². The zero-order chi connectivity index (χ0) is 17.5. The molecule has 0 radical (unpaired) electrons. The Bertz CT molecular complexity index is 657. The summed E-state index contributed by atoms with van der Waals surface area (Å²) in [4.78, 5) is 7.88. The molecule has 1 unspecified atom stereocenters. The standard InChI is InChI=1S/C19H26N4S/c1-15-7-5-9-18(13-15)21-19(24)23(12-11-22(3)4)16(2)17-8-6-10-20-14-17/h5-10,13-14,16H,11-12H2,1-4H3,(H,21,24)/p+1. The number of thiocarbonyl (C=S) groups is 1. The highest BCUT2D eigenvalue weighted by Crippen LogP contribution is 2.20. The van der Waals surface area contributed by atoms with E-state index in [9.17, 15) is 0 Å². The smallest absolute Gasteiger partial charge is 0.174 e. The maximum Gasteiger partial charge on any atom is 0.174 e. The molecule has 0 amide bonds. The van der Waals surface area contributed by atoms with Gasteiger partial charge in [0.25, 0.3) is 0 Å². The zero-order valence-corrected chi connectivity index (χ0v) is 15.7. The lowest BCUT2D eigenvalue weighted by Crippen LogP contribution is -3.06. The fourth-order valence-corrected chi connectivity index (χ4v) is 2.90. The molecule has 0 bridgehead atoms. The molecule has 0 saturated carbocycles. The highest BCUT2D eigenvalue weighted by Gasteiger charge is 2.20. The predicted molar refractivity (Wildman–Crippen MR) is 104 cm³/mol. The Balaban J connectivity index is 2.16.